The van der Waals surface area contributed by atoms with Gasteiger partial charge in [0, 0.05) is 5.56 Å². The van der Waals surface area contributed by atoms with E-state index in [0.717, 1.165) is 22.9 Å². The van der Waals surface area contributed by atoms with Gasteiger partial charge in [0.1, 0.15) is 36.9 Å². The molecular formula is C19H27N5OS+2. The number of aromatic nitrogens is 3. The molecule has 3 heterocycles. The number of thiazole rings is 1. The van der Waals surface area contributed by atoms with Crippen LogP contribution in [0.15, 0.2) is 24.3 Å². The zero-order chi connectivity index (χ0) is 18.3. The molecule has 2 aromatic heterocycles. The number of aromatic hydroxyl groups is 1. The molecule has 0 aliphatic carbocycles. The number of hydrogen-bond donors (Lipinski definition) is 3. The highest BCUT2D eigenvalue weighted by Gasteiger charge is 2.36. The lowest BCUT2D eigenvalue weighted by Crippen LogP contribution is -3.28. The van der Waals surface area contributed by atoms with Crippen molar-refractivity contribution in [3.8, 4) is 5.88 Å². The Labute approximate surface area is 157 Å². The number of benzene rings is 1. The van der Waals surface area contributed by atoms with Gasteiger partial charge in [0.15, 0.2) is 6.04 Å². The first kappa shape index (κ1) is 17.5. The van der Waals surface area contributed by atoms with Crippen molar-refractivity contribution in [3.05, 3.63) is 46.1 Å². The van der Waals surface area contributed by atoms with Crippen LogP contribution in [0.5, 0.6) is 5.88 Å². The molecule has 0 spiro atoms. The van der Waals surface area contributed by atoms with E-state index >= 15 is 0 Å². The molecule has 1 saturated heterocycles. The van der Waals surface area contributed by atoms with E-state index < -0.39 is 0 Å². The minimum absolute atomic E-state index is 0.128. The second kappa shape index (κ2) is 6.98. The molecule has 1 atom stereocenters. The molecule has 7 heteroatoms. The molecule has 26 heavy (non-hydrogen) atoms. The van der Waals surface area contributed by atoms with Crippen molar-refractivity contribution in [2.45, 2.75) is 26.8 Å². The number of aryl methyl sites for hydroxylation is 2. The highest BCUT2D eigenvalue weighted by atomic mass is 32.1. The van der Waals surface area contributed by atoms with Gasteiger partial charge in [-0.2, -0.15) is 4.52 Å². The molecule has 0 unspecified atom stereocenters. The monoisotopic (exact) mass is 373 g/mol. The molecule has 3 N–H and O–H groups in total. The number of fused-ring (bicyclic) bond motifs is 1. The molecule has 6 nitrogen and oxygen atoms in total. The lowest BCUT2D eigenvalue weighted by Gasteiger charge is -2.34. The average Bonchev–Trinajstić information content (AvgIpc) is 3.15. The summed E-state index contributed by atoms with van der Waals surface area (Å²) in [4.78, 5) is 9.39. The summed E-state index contributed by atoms with van der Waals surface area (Å²) in [6.07, 6.45) is 0. The van der Waals surface area contributed by atoms with Crippen LogP contribution in [0.1, 0.15) is 34.8 Å². The molecule has 1 aromatic carbocycles. The molecule has 1 aliphatic heterocycles. The first-order valence-electron chi connectivity index (χ1n) is 9.37. The van der Waals surface area contributed by atoms with Gasteiger partial charge in [-0.05, 0) is 26.3 Å². The summed E-state index contributed by atoms with van der Waals surface area (Å²) in [5.74, 6) is 0.940. The number of nitrogens with zero attached hydrogens (tertiary/aromatic N) is 3. The van der Waals surface area contributed by atoms with E-state index in [0.29, 0.717) is 5.82 Å². The Morgan fingerprint density at radius 2 is 1.92 bits per heavy atom. The van der Waals surface area contributed by atoms with Gasteiger partial charge in [-0.3, -0.25) is 0 Å². The quantitative estimate of drug-likeness (QED) is 0.604. The molecule has 0 saturated carbocycles. The number of hydrogen-bond acceptors (Lipinski definition) is 4. The van der Waals surface area contributed by atoms with E-state index in [-0.39, 0.29) is 11.9 Å². The fraction of sp³-hybridized carbons (Fsp3) is 0.474. The number of rotatable bonds is 4. The summed E-state index contributed by atoms with van der Waals surface area (Å²) in [7, 11) is 0. The molecule has 0 radical (unpaired) electrons. The first-order valence-corrected chi connectivity index (χ1v) is 10.2. The van der Waals surface area contributed by atoms with Crippen molar-refractivity contribution < 1.29 is 14.9 Å². The second-order valence-electron chi connectivity index (χ2n) is 7.19. The normalized spacial score (nSPS) is 22.0. The highest BCUT2D eigenvalue weighted by Crippen LogP contribution is 2.35. The Bertz CT molecular complexity index is 910. The van der Waals surface area contributed by atoms with E-state index in [1.54, 1.807) is 20.8 Å². The second-order valence-corrected chi connectivity index (χ2v) is 8.20. The molecule has 3 aromatic rings. The zero-order valence-electron chi connectivity index (χ0n) is 15.6. The molecule has 4 rings (SSSR count). The molecule has 0 amide bonds. The summed E-state index contributed by atoms with van der Waals surface area (Å²) in [6.45, 7) is 12.0. The molecular weight excluding hydrogens is 346 g/mol. The third kappa shape index (κ3) is 3.00. The summed E-state index contributed by atoms with van der Waals surface area (Å²) < 4.78 is 1.59. The fourth-order valence-electron chi connectivity index (χ4n) is 4.06. The first-order chi connectivity index (χ1) is 12.6. The fourth-order valence-corrected chi connectivity index (χ4v) is 5.24. The Morgan fingerprint density at radius 3 is 2.58 bits per heavy atom. The highest BCUT2D eigenvalue weighted by molar-refractivity contribution is 7.17. The van der Waals surface area contributed by atoms with Gasteiger partial charge in [-0.25, -0.2) is 4.98 Å². The largest absolute Gasteiger partial charge is 0.492 e. The van der Waals surface area contributed by atoms with E-state index in [4.69, 9.17) is 0 Å². The van der Waals surface area contributed by atoms with Crippen LogP contribution in [0, 0.1) is 13.8 Å². The van der Waals surface area contributed by atoms with Gasteiger partial charge in [-0.15, -0.1) is 5.10 Å². The summed E-state index contributed by atoms with van der Waals surface area (Å²) in [5, 5.41) is 15.3. The van der Waals surface area contributed by atoms with Crippen LogP contribution in [0.25, 0.3) is 4.96 Å². The number of piperazine rings is 1. The van der Waals surface area contributed by atoms with Crippen molar-refractivity contribution in [2.75, 3.05) is 32.7 Å². The van der Waals surface area contributed by atoms with Crippen LogP contribution in [-0.2, 0) is 0 Å². The maximum absolute atomic E-state index is 10.9. The van der Waals surface area contributed by atoms with Gasteiger partial charge in [0.05, 0.1) is 6.54 Å². The summed E-state index contributed by atoms with van der Waals surface area (Å²) in [5.41, 5.74) is 2.56. The number of quaternary nitrogens is 2. The predicted molar refractivity (Wildman–Crippen MR) is 102 cm³/mol. The average molecular weight is 374 g/mol. The lowest BCUT2D eigenvalue weighted by atomic mass is 9.98. The summed E-state index contributed by atoms with van der Waals surface area (Å²) >= 11 is 1.57. The van der Waals surface area contributed by atoms with E-state index in [1.807, 2.05) is 6.92 Å². The Morgan fingerprint density at radius 1 is 1.19 bits per heavy atom. The molecule has 0 bridgehead atoms. The van der Waals surface area contributed by atoms with Gasteiger partial charge in [0.2, 0.25) is 10.8 Å². The minimum Gasteiger partial charge on any atom is -0.492 e. The van der Waals surface area contributed by atoms with Crippen molar-refractivity contribution in [1.82, 2.24) is 14.6 Å². The summed E-state index contributed by atoms with van der Waals surface area (Å²) in [6, 6.07) is 8.67. The standard InChI is InChI=1S/C19H25N5OS/c1-4-22-9-11-23(12-10-22)16(15-8-6-5-7-13(15)2)17-18(25)24-19(26-17)20-14(3)21-24/h5-8,16,25H,4,9-12H2,1-3H3/p+2/t16-/m1/s1. The van der Waals surface area contributed by atoms with Crippen LogP contribution < -0.4 is 9.80 Å². The maximum Gasteiger partial charge on any atom is 0.235 e. The lowest BCUT2D eigenvalue weighted by molar-refractivity contribution is -1.02. The molecule has 138 valence electrons. The van der Waals surface area contributed by atoms with Crippen LogP contribution in [-0.4, -0.2) is 52.4 Å². The van der Waals surface area contributed by atoms with Crippen molar-refractivity contribution in [3.63, 3.8) is 0 Å². The smallest absolute Gasteiger partial charge is 0.235 e. The van der Waals surface area contributed by atoms with Crippen LogP contribution in [0.4, 0.5) is 0 Å². The molecule has 1 aliphatic rings. The minimum atomic E-state index is 0.128. The van der Waals surface area contributed by atoms with Gasteiger partial charge < -0.3 is 14.9 Å². The number of likely N-dealkylation sites (N-methyl/N-ethyl adjacent to an activating group) is 1. The third-order valence-corrected chi connectivity index (χ3v) is 6.66. The SMILES string of the molecule is CC[NH+]1CC[NH+]([C@H](c2ccccc2C)c2sc3nc(C)nn3c2O)CC1. The van der Waals surface area contributed by atoms with Gasteiger partial charge in [0.25, 0.3) is 0 Å². The third-order valence-electron chi connectivity index (χ3n) is 5.57. The van der Waals surface area contributed by atoms with E-state index in [9.17, 15) is 5.11 Å². The van der Waals surface area contributed by atoms with Crippen molar-refractivity contribution in [2.24, 2.45) is 0 Å². The Kier molecular flexibility index (Phi) is 4.69. The van der Waals surface area contributed by atoms with Gasteiger partial charge in [-0.1, -0.05) is 35.6 Å². The van der Waals surface area contributed by atoms with E-state index in [2.05, 4.69) is 48.2 Å². The Hall–Kier alpha value is -1.96. The van der Waals surface area contributed by atoms with Crippen LogP contribution >= 0.6 is 11.3 Å². The van der Waals surface area contributed by atoms with Crippen molar-refractivity contribution in [1.29, 1.82) is 0 Å². The molecule has 1 fully saturated rings. The van der Waals surface area contributed by atoms with Gasteiger partial charge >= 0.3 is 0 Å². The van der Waals surface area contributed by atoms with Crippen LogP contribution in [0.3, 0.4) is 0 Å². The van der Waals surface area contributed by atoms with Crippen LogP contribution in [0.2, 0.25) is 0 Å². The topological polar surface area (TPSA) is 59.3 Å². The predicted octanol–water partition coefficient (Wildman–Crippen LogP) is 0.00594. The maximum atomic E-state index is 10.9. The zero-order valence-corrected chi connectivity index (χ0v) is 16.4. The van der Waals surface area contributed by atoms with E-state index in [1.165, 1.54) is 35.7 Å². The Balaban J connectivity index is 1.78. The van der Waals surface area contributed by atoms with Crippen molar-refractivity contribution >= 4 is 16.3 Å². The number of nitrogens with one attached hydrogen (secondary N) is 2.